The van der Waals surface area contributed by atoms with Crippen molar-refractivity contribution in [1.29, 1.82) is 0 Å². The van der Waals surface area contributed by atoms with Gasteiger partial charge in [0.15, 0.2) is 5.65 Å². The fourth-order valence-corrected chi connectivity index (χ4v) is 5.81. The third kappa shape index (κ3) is 3.07. The van der Waals surface area contributed by atoms with E-state index in [9.17, 15) is 4.79 Å². The summed E-state index contributed by atoms with van der Waals surface area (Å²) in [6.07, 6.45) is 8.01. The average molecular weight is 419 g/mol. The standard InChI is InChI=1S/C22H22N6OS/c29-22(14-4-5-19-18(8-14)24-13-30-19)26-20-15-2-3-16(20)11-27(10-15)12-17-9-25-28-7-1-6-23-21(17)28/h1,4-9,13,15-16,20H,2-3,10-12H2,(H,26,29). The van der Waals surface area contributed by atoms with Gasteiger partial charge in [-0.15, -0.1) is 11.3 Å². The van der Waals surface area contributed by atoms with Gasteiger partial charge in [-0.2, -0.15) is 5.10 Å². The van der Waals surface area contributed by atoms with E-state index in [4.69, 9.17) is 0 Å². The molecule has 152 valence electrons. The first-order chi connectivity index (χ1) is 14.7. The summed E-state index contributed by atoms with van der Waals surface area (Å²) in [5.74, 6) is 1.00. The number of benzene rings is 1. The van der Waals surface area contributed by atoms with Gasteiger partial charge in [0.05, 0.1) is 21.9 Å². The Bertz CT molecular complexity index is 1220. The van der Waals surface area contributed by atoms with Crippen molar-refractivity contribution >= 4 is 33.1 Å². The summed E-state index contributed by atoms with van der Waals surface area (Å²) < 4.78 is 2.94. The van der Waals surface area contributed by atoms with E-state index in [1.165, 1.54) is 12.8 Å². The molecule has 1 aliphatic carbocycles. The van der Waals surface area contributed by atoms with E-state index in [2.05, 4.69) is 25.3 Å². The zero-order chi connectivity index (χ0) is 20.1. The van der Waals surface area contributed by atoms with E-state index in [-0.39, 0.29) is 11.9 Å². The summed E-state index contributed by atoms with van der Waals surface area (Å²) in [5.41, 5.74) is 5.51. The van der Waals surface area contributed by atoms with Gasteiger partial charge in [0, 0.05) is 49.2 Å². The van der Waals surface area contributed by atoms with Crippen LogP contribution >= 0.6 is 11.3 Å². The second-order valence-electron chi connectivity index (χ2n) is 8.38. The predicted octanol–water partition coefficient (Wildman–Crippen LogP) is 2.98. The molecule has 3 aromatic heterocycles. The lowest BCUT2D eigenvalue weighted by Crippen LogP contribution is -2.52. The molecule has 0 spiro atoms. The molecule has 30 heavy (non-hydrogen) atoms. The van der Waals surface area contributed by atoms with Gasteiger partial charge in [-0.3, -0.25) is 9.69 Å². The van der Waals surface area contributed by atoms with Crippen LogP contribution in [0.2, 0.25) is 0 Å². The topological polar surface area (TPSA) is 75.4 Å². The van der Waals surface area contributed by atoms with Gasteiger partial charge in [0.2, 0.25) is 0 Å². The van der Waals surface area contributed by atoms with Crippen molar-refractivity contribution < 1.29 is 4.79 Å². The van der Waals surface area contributed by atoms with Crippen molar-refractivity contribution in [3.8, 4) is 0 Å². The Morgan fingerprint density at radius 2 is 2.07 bits per heavy atom. The number of hydrogen-bond acceptors (Lipinski definition) is 6. The van der Waals surface area contributed by atoms with Crippen molar-refractivity contribution in [3.63, 3.8) is 0 Å². The van der Waals surface area contributed by atoms with Gasteiger partial charge in [0.1, 0.15) is 0 Å². The number of hydrogen-bond donors (Lipinski definition) is 1. The molecule has 1 amide bonds. The lowest BCUT2D eigenvalue weighted by Gasteiger charge is -2.38. The average Bonchev–Trinajstić information content (AvgIpc) is 3.45. The molecule has 6 rings (SSSR count). The fraction of sp³-hybridized carbons (Fsp3) is 0.364. The second kappa shape index (κ2) is 7.14. The number of amides is 1. The summed E-state index contributed by atoms with van der Waals surface area (Å²) in [7, 11) is 0. The van der Waals surface area contributed by atoms with E-state index in [1.807, 2.05) is 52.9 Å². The largest absolute Gasteiger partial charge is 0.349 e. The van der Waals surface area contributed by atoms with Gasteiger partial charge in [-0.1, -0.05) is 0 Å². The van der Waals surface area contributed by atoms with E-state index < -0.39 is 0 Å². The molecule has 4 heterocycles. The summed E-state index contributed by atoms with van der Waals surface area (Å²) >= 11 is 1.60. The molecule has 2 unspecified atom stereocenters. The highest BCUT2D eigenvalue weighted by Gasteiger charge is 2.42. The first kappa shape index (κ1) is 18.0. The lowest BCUT2D eigenvalue weighted by molar-refractivity contribution is 0.0825. The molecule has 8 heteroatoms. The van der Waals surface area contributed by atoms with Crippen LogP contribution in [0.5, 0.6) is 0 Å². The quantitative estimate of drug-likeness (QED) is 0.551. The second-order valence-corrected chi connectivity index (χ2v) is 9.27. The Balaban J connectivity index is 1.15. The molecule has 7 nitrogen and oxygen atoms in total. The fourth-order valence-electron chi connectivity index (χ4n) is 5.15. The summed E-state index contributed by atoms with van der Waals surface area (Å²) in [6.45, 7) is 2.85. The molecular formula is C22H22N6OS. The third-order valence-electron chi connectivity index (χ3n) is 6.55. The van der Waals surface area contributed by atoms with Gasteiger partial charge >= 0.3 is 0 Å². The minimum absolute atomic E-state index is 0.0204. The lowest BCUT2D eigenvalue weighted by atomic mass is 9.91. The number of carbonyl (C=O) groups excluding carboxylic acids is 1. The molecular weight excluding hydrogens is 396 g/mol. The Kier molecular flexibility index (Phi) is 4.28. The van der Waals surface area contributed by atoms with Crippen LogP contribution in [0.25, 0.3) is 15.9 Å². The van der Waals surface area contributed by atoms with E-state index in [0.29, 0.717) is 17.4 Å². The molecule has 1 aromatic carbocycles. The molecule has 2 bridgehead atoms. The molecule has 2 fully saturated rings. The highest BCUT2D eigenvalue weighted by molar-refractivity contribution is 7.16. The normalized spacial score (nSPS) is 23.9. The number of nitrogens with one attached hydrogen (secondary N) is 1. The van der Waals surface area contributed by atoms with Crippen LogP contribution in [-0.4, -0.2) is 49.5 Å². The van der Waals surface area contributed by atoms with Crippen molar-refractivity contribution in [1.82, 2.24) is 29.8 Å². The molecule has 1 saturated carbocycles. The molecule has 2 aliphatic rings. The molecule has 4 aromatic rings. The van der Waals surface area contributed by atoms with Crippen molar-refractivity contribution in [2.24, 2.45) is 11.8 Å². The monoisotopic (exact) mass is 418 g/mol. The Labute approximate surface area is 177 Å². The van der Waals surface area contributed by atoms with Crippen LogP contribution in [0.1, 0.15) is 28.8 Å². The highest BCUT2D eigenvalue weighted by atomic mass is 32.1. The van der Waals surface area contributed by atoms with Crippen molar-refractivity contribution in [2.75, 3.05) is 13.1 Å². The van der Waals surface area contributed by atoms with E-state index >= 15 is 0 Å². The highest BCUT2D eigenvalue weighted by Crippen LogP contribution is 2.37. The van der Waals surface area contributed by atoms with Crippen LogP contribution in [0.3, 0.4) is 0 Å². The Morgan fingerprint density at radius 1 is 1.20 bits per heavy atom. The number of nitrogens with zero attached hydrogens (tertiary/aromatic N) is 5. The first-order valence-corrected chi connectivity index (χ1v) is 11.3. The van der Waals surface area contributed by atoms with Crippen molar-refractivity contribution in [3.05, 3.63) is 59.5 Å². The molecule has 1 saturated heterocycles. The predicted molar refractivity (Wildman–Crippen MR) is 115 cm³/mol. The number of thiazole rings is 1. The number of fused-ring (bicyclic) bond motifs is 4. The smallest absolute Gasteiger partial charge is 0.251 e. The minimum Gasteiger partial charge on any atom is -0.349 e. The Hall–Kier alpha value is -2.84. The van der Waals surface area contributed by atoms with Crippen LogP contribution in [-0.2, 0) is 6.54 Å². The number of rotatable bonds is 4. The van der Waals surface area contributed by atoms with Gasteiger partial charge in [-0.25, -0.2) is 14.5 Å². The van der Waals surface area contributed by atoms with Gasteiger partial charge in [0.25, 0.3) is 5.91 Å². The van der Waals surface area contributed by atoms with E-state index in [1.54, 1.807) is 11.3 Å². The third-order valence-corrected chi connectivity index (χ3v) is 7.36. The summed E-state index contributed by atoms with van der Waals surface area (Å²) in [6, 6.07) is 7.94. The maximum atomic E-state index is 12.9. The maximum Gasteiger partial charge on any atom is 0.251 e. The molecule has 2 atom stereocenters. The molecule has 1 N–H and O–H groups in total. The van der Waals surface area contributed by atoms with Crippen LogP contribution in [0.15, 0.2) is 48.4 Å². The van der Waals surface area contributed by atoms with Crippen LogP contribution in [0.4, 0.5) is 0 Å². The summed E-state index contributed by atoms with van der Waals surface area (Å²) in [5, 5.41) is 7.75. The Morgan fingerprint density at radius 3 is 2.93 bits per heavy atom. The number of aromatic nitrogens is 4. The van der Waals surface area contributed by atoms with Gasteiger partial charge < -0.3 is 5.32 Å². The van der Waals surface area contributed by atoms with Crippen molar-refractivity contribution in [2.45, 2.75) is 25.4 Å². The SMILES string of the molecule is O=C(NC1C2CCC1CN(Cc1cnn3cccnc13)C2)c1ccc2scnc2c1. The van der Waals surface area contributed by atoms with Gasteiger partial charge in [-0.05, 0) is 48.9 Å². The molecule has 1 aliphatic heterocycles. The van der Waals surface area contributed by atoms with Crippen LogP contribution < -0.4 is 5.32 Å². The zero-order valence-corrected chi connectivity index (χ0v) is 17.3. The summed E-state index contributed by atoms with van der Waals surface area (Å²) in [4.78, 5) is 24.2. The van der Waals surface area contributed by atoms with E-state index in [0.717, 1.165) is 41.1 Å². The number of carbonyl (C=O) groups is 1. The minimum atomic E-state index is 0.0204. The number of piperidine rings is 1. The number of likely N-dealkylation sites (tertiary alicyclic amines) is 1. The van der Waals surface area contributed by atoms with Crippen LogP contribution in [0, 0.1) is 11.8 Å². The molecule has 0 radical (unpaired) electrons. The maximum absolute atomic E-state index is 12.9. The first-order valence-electron chi connectivity index (χ1n) is 10.4. The zero-order valence-electron chi connectivity index (χ0n) is 16.4.